The number of nitrogens with one attached hydrogen (secondary N) is 1. The van der Waals surface area contributed by atoms with Crippen LogP contribution >= 0.6 is 0 Å². The third kappa shape index (κ3) is 3.73. The van der Waals surface area contributed by atoms with E-state index < -0.39 is 6.10 Å². The zero-order chi connectivity index (χ0) is 15.6. The lowest BCUT2D eigenvalue weighted by Crippen LogP contribution is -2.50. The first-order valence-electron chi connectivity index (χ1n) is 7.38. The van der Waals surface area contributed by atoms with Gasteiger partial charge in [-0.1, -0.05) is 19.1 Å². The Kier molecular flexibility index (Phi) is 4.83. The molecule has 2 amide bonds. The van der Waals surface area contributed by atoms with Crippen molar-refractivity contribution in [2.75, 3.05) is 13.1 Å². The molecule has 1 heterocycles. The Morgan fingerprint density at radius 2 is 2.24 bits per heavy atom. The van der Waals surface area contributed by atoms with Crippen molar-refractivity contribution in [3.05, 3.63) is 35.1 Å². The van der Waals surface area contributed by atoms with E-state index in [0.29, 0.717) is 18.7 Å². The quantitative estimate of drug-likeness (QED) is 0.881. The van der Waals surface area contributed by atoms with Crippen LogP contribution in [0.15, 0.2) is 18.2 Å². The molecular weight excluding hydrogens is 271 g/mol. The van der Waals surface area contributed by atoms with Crippen LogP contribution in [0.1, 0.15) is 37.4 Å². The number of urea groups is 1. The third-order valence-corrected chi connectivity index (χ3v) is 4.24. The number of aliphatic hydroxyl groups excluding tert-OH is 1. The molecule has 1 aromatic rings. The molecule has 0 aliphatic carbocycles. The molecule has 3 atom stereocenters. The van der Waals surface area contributed by atoms with E-state index in [1.807, 2.05) is 19.9 Å². The van der Waals surface area contributed by atoms with E-state index in [2.05, 4.69) is 5.32 Å². The van der Waals surface area contributed by atoms with Gasteiger partial charge in [-0.2, -0.15) is 0 Å². The number of amides is 2. The number of benzene rings is 1. The Morgan fingerprint density at radius 3 is 2.86 bits per heavy atom. The number of halogens is 1. The van der Waals surface area contributed by atoms with E-state index in [0.717, 1.165) is 12.0 Å². The van der Waals surface area contributed by atoms with Gasteiger partial charge in [0, 0.05) is 13.1 Å². The lowest BCUT2D eigenvalue weighted by Gasteiger charge is -2.35. The predicted molar refractivity (Wildman–Crippen MR) is 79.4 cm³/mol. The summed E-state index contributed by atoms with van der Waals surface area (Å²) >= 11 is 0. The predicted octanol–water partition coefficient (Wildman–Crippen LogP) is 2.61. The first-order chi connectivity index (χ1) is 9.88. The fourth-order valence-electron chi connectivity index (χ4n) is 2.47. The Labute approximate surface area is 125 Å². The lowest BCUT2D eigenvalue weighted by molar-refractivity contribution is 0.0431. The molecule has 0 spiro atoms. The number of piperidine rings is 1. The first-order valence-corrected chi connectivity index (χ1v) is 7.38. The Hall–Kier alpha value is -1.62. The van der Waals surface area contributed by atoms with Crippen LogP contribution in [0.5, 0.6) is 0 Å². The van der Waals surface area contributed by atoms with Gasteiger partial charge in [0.15, 0.2) is 0 Å². The van der Waals surface area contributed by atoms with Crippen LogP contribution in [-0.2, 0) is 0 Å². The molecule has 2 rings (SSSR count). The fourth-order valence-corrected chi connectivity index (χ4v) is 2.47. The van der Waals surface area contributed by atoms with Gasteiger partial charge in [0.2, 0.25) is 0 Å². The van der Waals surface area contributed by atoms with E-state index in [9.17, 15) is 14.3 Å². The topological polar surface area (TPSA) is 52.6 Å². The summed E-state index contributed by atoms with van der Waals surface area (Å²) < 4.78 is 13.6. The number of rotatable bonds is 2. The second kappa shape index (κ2) is 6.43. The molecule has 2 N–H and O–H groups in total. The minimum absolute atomic E-state index is 0.213. The average Bonchev–Trinajstić information content (AvgIpc) is 2.44. The summed E-state index contributed by atoms with van der Waals surface area (Å²) in [5.74, 6) is -0.0477. The number of nitrogens with zero attached hydrogens (tertiary/aromatic N) is 1. The van der Waals surface area contributed by atoms with Crippen molar-refractivity contribution in [3.8, 4) is 0 Å². The van der Waals surface area contributed by atoms with Crippen LogP contribution in [0.3, 0.4) is 0 Å². The Morgan fingerprint density at radius 1 is 1.52 bits per heavy atom. The number of hydrogen-bond donors (Lipinski definition) is 2. The van der Waals surface area contributed by atoms with Gasteiger partial charge in [0.1, 0.15) is 5.82 Å². The molecule has 1 fully saturated rings. The lowest BCUT2D eigenvalue weighted by atomic mass is 9.96. The maximum atomic E-state index is 13.6. The molecule has 116 valence electrons. The SMILES string of the molecule is Cc1ccc(C(C)NC(=O)N2CCC(C)C(O)C2)cc1F. The van der Waals surface area contributed by atoms with Gasteiger partial charge in [-0.3, -0.25) is 0 Å². The van der Waals surface area contributed by atoms with Crippen molar-refractivity contribution in [2.45, 2.75) is 39.3 Å². The molecule has 1 aromatic carbocycles. The molecule has 1 aliphatic heterocycles. The molecule has 4 nitrogen and oxygen atoms in total. The summed E-state index contributed by atoms with van der Waals surface area (Å²) in [5, 5.41) is 12.7. The normalized spacial score (nSPS) is 23.8. The van der Waals surface area contributed by atoms with Gasteiger partial charge in [-0.15, -0.1) is 0 Å². The van der Waals surface area contributed by atoms with Crippen molar-refractivity contribution in [2.24, 2.45) is 5.92 Å². The molecule has 0 saturated carbocycles. The van der Waals surface area contributed by atoms with Gasteiger partial charge in [-0.05, 0) is 43.4 Å². The summed E-state index contributed by atoms with van der Waals surface area (Å²) in [5.41, 5.74) is 1.32. The fraction of sp³-hybridized carbons (Fsp3) is 0.562. The van der Waals surface area contributed by atoms with Gasteiger partial charge in [-0.25, -0.2) is 9.18 Å². The van der Waals surface area contributed by atoms with Crippen molar-refractivity contribution in [1.82, 2.24) is 10.2 Å². The van der Waals surface area contributed by atoms with E-state index >= 15 is 0 Å². The molecule has 5 heteroatoms. The zero-order valence-corrected chi connectivity index (χ0v) is 12.8. The van der Waals surface area contributed by atoms with Crippen molar-refractivity contribution in [3.63, 3.8) is 0 Å². The van der Waals surface area contributed by atoms with E-state index in [4.69, 9.17) is 0 Å². The van der Waals surface area contributed by atoms with Crippen LogP contribution in [0.2, 0.25) is 0 Å². The maximum Gasteiger partial charge on any atom is 0.317 e. The van der Waals surface area contributed by atoms with Crippen LogP contribution in [0, 0.1) is 18.7 Å². The molecular formula is C16H23FN2O2. The van der Waals surface area contributed by atoms with Gasteiger partial charge >= 0.3 is 6.03 Å². The van der Waals surface area contributed by atoms with Crippen LogP contribution in [0.25, 0.3) is 0 Å². The second-order valence-electron chi connectivity index (χ2n) is 5.96. The van der Waals surface area contributed by atoms with Crippen molar-refractivity contribution >= 4 is 6.03 Å². The van der Waals surface area contributed by atoms with Crippen molar-refractivity contribution < 1.29 is 14.3 Å². The molecule has 0 radical (unpaired) electrons. The number of β-amino-alcohol motifs (C(OH)–C–C–N with tert-alkyl or cyclic N) is 1. The van der Waals surface area contributed by atoms with Gasteiger partial charge < -0.3 is 15.3 Å². The van der Waals surface area contributed by atoms with Crippen LogP contribution < -0.4 is 5.32 Å². The summed E-state index contributed by atoms with van der Waals surface area (Å²) in [4.78, 5) is 13.8. The summed E-state index contributed by atoms with van der Waals surface area (Å²) in [6.45, 7) is 6.50. The van der Waals surface area contributed by atoms with Crippen molar-refractivity contribution in [1.29, 1.82) is 0 Å². The highest BCUT2D eigenvalue weighted by Gasteiger charge is 2.27. The Bertz CT molecular complexity index is 521. The van der Waals surface area contributed by atoms with Crippen LogP contribution in [-0.4, -0.2) is 35.2 Å². The average molecular weight is 294 g/mol. The van der Waals surface area contributed by atoms with Gasteiger partial charge in [0.25, 0.3) is 0 Å². The van der Waals surface area contributed by atoms with E-state index in [1.54, 1.807) is 17.9 Å². The number of aryl methyl sites for hydroxylation is 1. The number of likely N-dealkylation sites (tertiary alicyclic amines) is 1. The summed E-state index contributed by atoms with van der Waals surface area (Å²) in [6, 6.07) is 4.49. The Balaban J connectivity index is 1.97. The third-order valence-electron chi connectivity index (χ3n) is 4.24. The zero-order valence-electron chi connectivity index (χ0n) is 12.8. The monoisotopic (exact) mass is 294 g/mol. The first kappa shape index (κ1) is 15.8. The summed E-state index contributed by atoms with van der Waals surface area (Å²) in [6.07, 6.45) is 0.318. The highest BCUT2D eigenvalue weighted by Crippen LogP contribution is 2.19. The van der Waals surface area contributed by atoms with Crippen LogP contribution in [0.4, 0.5) is 9.18 Å². The number of aliphatic hydroxyl groups is 1. The highest BCUT2D eigenvalue weighted by atomic mass is 19.1. The molecule has 3 unspecified atom stereocenters. The van der Waals surface area contributed by atoms with Gasteiger partial charge in [0.05, 0.1) is 12.1 Å². The smallest absolute Gasteiger partial charge is 0.317 e. The largest absolute Gasteiger partial charge is 0.391 e. The minimum Gasteiger partial charge on any atom is -0.391 e. The van der Waals surface area contributed by atoms with E-state index in [1.165, 1.54) is 6.07 Å². The molecule has 21 heavy (non-hydrogen) atoms. The molecule has 1 saturated heterocycles. The standard InChI is InChI=1S/C16H23FN2O2/c1-10-4-5-13(8-14(10)17)12(3)18-16(21)19-7-6-11(2)15(20)9-19/h4-5,8,11-12,15,20H,6-7,9H2,1-3H3,(H,18,21). The maximum absolute atomic E-state index is 13.6. The number of carbonyl (C=O) groups excluding carboxylic acids is 1. The van der Waals surface area contributed by atoms with E-state index in [-0.39, 0.29) is 23.8 Å². The number of carbonyl (C=O) groups is 1. The summed E-state index contributed by atoms with van der Waals surface area (Å²) in [7, 11) is 0. The highest BCUT2D eigenvalue weighted by molar-refractivity contribution is 5.74. The number of hydrogen-bond acceptors (Lipinski definition) is 2. The molecule has 1 aliphatic rings. The second-order valence-corrected chi connectivity index (χ2v) is 5.96. The molecule has 0 aromatic heterocycles. The molecule has 0 bridgehead atoms. The minimum atomic E-state index is -0.475.